The van der Waals surface area contributed by atoms with Crippen LogP contribution in [0.25, 0.3) is 6.08 Å². The van der Waals surface area contributed by atoms with E-state index in [0.29, 0.717) is 5.56 Å². The average molecular weight is 404 g/mol. The standard InChI is InChI=1S/C22H16N2O6/c1-2-29-22(28)15(12-23)10-14-6-5-7-16(11-14)30-19(25)13-24-20(26)17-8-3-4-9-18(17)21(24)27/h3-11H,2,13H2,1H3/b15-10+. The Labute approximate surface area is 171 Å². The highest BCUT2D eigenvalue weighted by atomic mass is 16.5. The van der Waals surface area contributed by atoms with Crippen LogP contribution < -0.4 is 4.74 Å². The van der Waals surface area contributed by atoms with Gasteiger partial charge in [0, 0.05) is 0 Å². The number of hydrogen-bond acceptors (Lipinski definition) is 7. The van der Waals surface area contributed by atoms with Crippen molar-refractivity contribution in [1.82, 2.24) is 4.90 Å². The first-order valence-corrected chi connectivity index (χ1v) is 8.99. The third-order valence-corrected chi connectivity index (χ3v) is 4.18. The smallest absolute Gasteiger partial charge is 0.348 e. The minimum Gasteiger partial charge on any atom is -0.462 e. The number of imide groups is 1. The molecule has 0 bridgehead atoms. The molecule has 0 spiro atoms. The third-order valence-electron chi connectivity index (χ3n) is 4.18. The molecule has 0 unspecified atom stereocenters. The average Bonchev–Trinajstić information content (AvgIpc) is 2.97. The summed E-state index contributed by atoms with van der Waals surface area (Å²) in [5.74, 6) is -2.55. The number of hydrogen-bond donors (Lipinski definition) is 0. The molecule has 0 saturated heterocycles. The van der Waals surface area contributed by atoms with Crippen LogP contribution in [0.3, 0.4) is 0 Å². The zero-order valence-corrected chi connectivity index (χ0v) is 16.0. The highest BCUT2D eigenvalue weighted by Gasteiger charge is 2.36. The Kier molecular flexibility index (Phi) is 6.03. The molecule has 0 N–H and O–H groups in total. The van der Waals surface area contributed by atoms with E-state index < -0.39 is 30.3 Å². The van der Waals surface area contributed by atoms with Gasteiger partial charge in [0.05, 0.1) is 17.7 Å². The lowest BCUT2D eigenvalue weighted by atomic mass is 10.1. The molecule has 2 aromatic rings. The van der Waals surface area contributed by atoms with Crippen LogP contribution in [0.2, 0.25) is 0 Å². The second kappa shape index (κ2) is 8.84. The molecule has 8 heteroatoms. The summed E-state index contributed by atoms with van der Waals surface area (Å²) in [4.78, 5) is 49.5. The van der Waals surface area contributed by atoms with E-state index in [2.05, 4.69) is 0 Å². The van der Waals surface area contributed by atoms with E-state index in [1.807, 2.05) is 0 Å². The van der Waals surface area contributed by atoms with Crippen molar-refractivity contribution in [3.8, 4) is 11.8 Å². The summed E-state index contributed by atoms with van der Waals surface area (Å²) in [5.41, 5.74) is 0.716. The van der Waals surface area contributed by atoms with Gasteiger partial charge in [-0.2, -0.15) is 5.26 Å². The topological polar surface area (TPSA) is 114 Å². The van der Waals surface area contributed by atoms with Crippen molar-refractivity contribution in [2.75, 3.05) is 13.2 Å². The van der Waals surface area contributed by atoms with Gasteiger partial charge in [-0.05, 0) is 42.8 Å². The van der Waals surface area contributed by atoms with Crippen LogP contribution in [-0.4, -0.2) is 41.8 Å². The number of nitriles is 1. The lowest BCUT2D eigenvalue weighted by Gasteiger charge is -2.13. The van der Waals surface area contributed by atoms with Gasteiger partial charge in [-0.15, -0.1) is 0 Å². The van der Waals surface area contributed by atoms with Gasteiger partial charge in [-0.1, -0.05) is 24.3 Å². The molecule has 1 aliphatic rings. The van der Waals surface area contributed by atoms with Gasteiger partial charge in [-0.25, -0.2) is 9.59 Å². The van der Waals surface area contributed by atoms with Crippen LogP contribution in [0.5, 0.6) is 5.75 Å². The number of esters is 2. The van der Waals surface area contributed by atoms with Crippen LogP contribution >= 0.6 is 0 Å². The summed E-state index contributed by atoms with van der Waals surface area (Å²) in [6.45, 7) is 1.22. The minimum absolute atomic E-state index is 0.131. The SMILES string of the molecule is CCOC(=O)/C(C#N)=C/c1cccc(OC(=O)CN2C(=O)c3ccccc3C2=O)c1. The number of ether oxygens (including phenoxy) is 2. The molecule has 8 nitrogen and oxygen atoms in total. The van der Waals surface area contributed by atoms with Gasteiger partial charge < -0.3 is 9.47 Å². The van der Waals surface area contributed by atoms with E-state index >= 15 is 0 Å². The monoisotopic (exact) mass is 404 g/mol. The van der Waals surface area contributed by atoms with Crippen LogP contribution in [0.1, 0.15) is 33.2 Å². The zero-order valence-electron chi connectivity index (χ0n) is 16.0. The van der Waals surface area contributed by atoms with Gasteiger partial charge >= 0.3 is 11.9 Å². The summed E-state index contributed by atoms with van der Waals surface area (Å²) in [6.07, 6.45) is 1.31. The number of amides is 2. The van der Waals surface area contributed by atoms with Gasteiger partial charge in [0.2, 0.25) is 0 Å². The Morgan fingerprint density at radius 3 is 2.33 bits per heavy atom. The van der Waals surface area contributed by atoms with Crippen LogP contribution in [0.15, 0.2) is 54.1 Å². The number of fused-ring (bicyclic) bond motifs is 1. The summed E-state index contributed by atoms with van der Waals surface area (Å²) >= 11 is 0. The first-order valence-electron chi connectivity index (χ1n) is 8.99. The third kappa shape index (κ3) is 4.25. The Morgan fingerprint density at radius 2 is 1.73 bits per heavy atom. The van der Waals surface area contributed by atoms with Gasteiger partial charge in [-0.3, -0.25) is 14.5 Å². The second-order valence-corrected chi connectivity index (χ2v) is 6.18. The molecular weight excluding hydrogens is 388 g/mol. The Morgan fingerprint density at radius 1 is 1.07 bits per heavy atom. The van der Waals surface area contributed by atoms with Crippen molar-refractivity contribution >= 4 is 29.8 Å². The maximum Gasteiger partial charge on any atom is 0.348 e. The second-order valence-electron chi connectivity index (χ2n) is 6.18. The number of nitrogens with zero attached hydrogens (tertiary/aromatic N) is 2. The molecule has 0 aromatic heterocycles. The molecule has 3 rings (SSSR count). The quantitative estimate of drug-likeness (QED) is 0.239. The van der Waals surface area contributed by atoms with Crippen LogP contribution in [-0.2, 0) is 14.3 Å². The lowest BCUT2D eigenvalue weighted by Crippen LogP contribution is -2.36. The largest absolute Gasteiger partial charge is 0.462 e. The molecule has 0 fully saturated rings. The fraction of sp³-hybridized carbons (Fsp3) is 0.136. The summed E-state index contributed by atoms with van der Waals surface area (Å²) in [6, 6.07) is 14.2. The molecule has 1 heterocycles. The zero-order chi connectivity index (χ0) is 21.7. The minimum atomic E-state index is -0.809. The first-order chi connectivity index (χ1) is 14.4. The van der Waals surface area contributed by atoms with E-state index in [4.69, 9.17) is 14.7 Å². The van der Waals surface area contributed by atoms with Crippen molar-refractivity contribution < 1.29 is 28.7 Å². The normalized spacial score (nSPS) is 12.9. The van der Waals surface area contributed by atoms with E-state index in [0.717, 1.165) is 4.90 Å². The summed E-state index contributed by atoms with van der Waals surface area (Å²) < 4.78 is 10.0. The van der Waals surface area contributed by atoms with E-state index in [1.54, 1.807) is 37.3 Å². The van der Waals surface area contributed by atoms with Gasteiger partial charge in [0.25, 0.3) is 11.8 Å². The molecule has 2 aromatic carbocycles. The lowest BCUT2D eigenvalue weighted by molar-refractivity contribution is -0.138. The molecule has 0 saturated carbocycles. The Balaban J connectivity index is 1.71. The first kappa shape index (κ1) is 20.5. The highest BCUT2D eigenvalue weighted by molar-refractivity contribution is 6.22. The highest BCUT2D eigenvalue weighted by Crippen LogP contribution is 2.23. The Hall–Kier alpha value is -4.25. The summed E-state index contributed by atoms with van der Waals surface area (Å²) in [7, 11) is 0. The van der Waals surface area contributed by atoms with Crippen molar-refractivity contribution in [1.29, 1.82) is 5.26 Å². The number of rotatable bonds is 6. The molecule has 0 radical (unpaired) electrons. The molecule has 30 heavy (non-hydrogen) atoms. The molecule has 0 atom stereocenters. The fourth-order valence-corrected chi connectivity index (χ4v) is 2.86. The molecule has 2 amide bonds. The Bertz CT molecular complexity index is 1080. The van der Waals surface area contributed by atoms with Gasteiger partial charge in [0.15, 0.2) is 0 Å². The van der Waals surface area contributed by atoms with Crippen molar-refractivity contribution in [2.24, 2.45) is 0 Å². The number of carbonyl (C=O) groups is 4. The molecule has 1 aliphatic heterocycles. The van der Waals surface area contributed by atoms with E-state index in [9.17, 15) is 19.2 Å². The number of benzene rings is 2. The van der Waals surface area contributed by atoms with Crippen LogP contribution in [0.4, 0.5) is 0 Å². The van der Waals surface area contributed by atoms with E-state index in [1.165, 1.54) is 30.3 Å². The molecule has 150 valence electrons. The molecular formula is C22H16N2O6. The van der Waals surface area contributed by atoms with Crippen molar-refractivity contribution in [3.05, 3.63) is 70.8 Å². The maximum absolute atomic E-state index is 12.3. The fourth-order valence-electron chi connectivity index (χ4n) is 2.86. The predicted octanol–water partition coefficient (Wildman–Crippen LogP) is 2.36. The number of carbonyl (C=O) groups excluding carboxylic acids is 4. The van der Waals surface area contributed by atoms with Crippen molar-refractivity contribution in [2.45, 2.75) is 6.92 Å². The predicted molar refractivity (Wildman–Crippen MR) is 104 cm³/mol. The summed E-state index contributed by atoms with van der Waals surface area (Å²) in [5, 5.41) is 9.11. The molecule has 0 aliphatic carbocycles. The van der Waals surface area contributed by atoms with E-state index in [-0.39, 0.29) is 29.1 Å². The van der Waals surface area contributed by atoms with Crippen LogP contribution in [0, 0.1) is 11.3 Å². The van der Waals surface area contributed by atoms with Crippen molar-refractivity contribution in [3.63, 3.8) is 0 Å². The maximum atomic E-state index is 12.3. The van der Waals surface area contributed by atoms with Gasteiger partial charge in [0.1, 0.15) is 23.9 Å².